The number of nitrogens with zero attached hydrogens (tertiary/aromatic N) is 2. The van der Waals surface area contributed by atoms with Gasteiger partial charge in [-0.15, -0.1) is 0 Å². The lowest BCUT2D eigenvalue weighted by Crippen LogP contribution is -2.35. The zero-order chi connectivity index (χ0) is 25.6. The van der Waals surface area contributed by atoms with E-state index in [1.165, 1.54) is 11.6 Å². The van der Waals surface area contributed by atoms with Crippen LogP contribution >= 0.6 is 0 Å². The Morgan fingerprint density at radius 3 is 2.97 bits per heavy atom. The normalized spacial score (nSPS) is 22.8. The number of hydrogen-bond donors (Lipinski definition) is 2. The summed E-state index contributed by atoms with van der Waals surface area (Å²) in [5.74, 6) is -0.476. The van der Waals surface area contributed by atoms with E-state index in [1.54, 1.807) is 6.07 Å². The van der Waals surface area contributed by atoms with Gasteiger partial charge in [0.25, 0.3) is 0 Å². The molecule has 1 unspecified atom stereocenters. The maximum Gasteiger partial charge on any atom is 0.325 e. The first-order valence-corrected chi connectivity index (χ1v) is 13.8. The van der Waals surface area contributed by atoms with E-state index < -0.39 is 17.8 Å². The highest BCUT2D eigenvalue weighted by molar-refractivity contribution is 5.76. The molecule has 2 fully saturated rings. The van der Waals surface area contributed by atoms with Crippen molar-refractivity contribution in [2.45, 2.75) is 76.0 Å². The fourth-order valence-corrected chi connectivity index (χ4v) is 5.86. The predicted octanol–water partition coefficient (Wildman–Crippen LogP) is 5.06. The predicted molar refractivity (Wildman–Crippen MR) is 139 cm³/mol. The molecule has 200 valence electrons. The third-order valence-corrected chi connectivity index (χ3v) is 7.79. The van der Waals surface area contributed by atoms with Crippen LogP contribution < -0.4 is 5.32 Å². The molecule has 5 rings (SSSR count). The molecule has 37 heavy (non-hydrogen) atoms. The molecule has 1 aromatic heterocycles. The number of aromatic nitrogens is 1. The Labute approximate surface area is 218 Å². The number of rotatable bonds is 10. The molecule has 0 radical (unpaired) electrons. The van der Waals surface area contributed by atoms with E-state index in [0.717, 1.165) is 75.8 Å². The minimum Gasteiger partial charge on any atom is -0.480 e. The van der Waals surface area contributed by atoms with Crippen LogP contribution in [0.1, 0.15) is 79.5 Å². The van der Waals surface area contributed by atoms with E-state index in [-0.39, 0.29) is 17.8 Å². The number of pyridine rings is 1. The third kappa shape index (κ3) is 6.30. The first kappa shape index (κ1) is 26.1. The fourth-order valence-electron chi connectivity index (χ4n) is 5.86. The molecule has 2 saturated heterocycles. The number of unbranched alkanes of at least 4 members (excludes halogenated alkanes) is 1. The number of carboxylic acid groups (broad SMARTS) is 1. The van der Waals surface area contributed by atoms with Crippen molar-refractivity contribution in [3.63, 3.8) is 0 Å². The fraction of sp³-hybridized carbons (Fsp3) is 0.586. The summed E-state index contributed by atoms with van der Waals surface area (Å²) < 4.78 is 27.1. The Morgan fingerprint density at radius 2 is 2.14 bits per heavy atom. The van der Waals surface area contributed by atoms with Gasteiger partial charge in [0.05, 0.1) is 12.2 Å². The van der Waals surface area contributed by atoms with Crippen LogP contribution in [-0.4, -0.2) is 59.9 Å². The van der Waals surface area contributed by atoms with Crippen LogP contribution in [-0.2, 0) is 27.1 Å². The van der Waals surface area contributed by atoms with Crippen molar-refractivity contribution in [3.05, 3.63) is 58.5 Å². The molecule has 0 spiro atoms. The van der Waals surface area contributed by atoms with Gasteiger partial charge in [-0.2, -0.15) is 0 Å². The van der Waals surface area contributed by atoms with E-state index in [0.29, 0.717) is 31.9 Å². The average Bonchev–Trinajstić information content (AvgIpc) is 3.38. The summed E-state index contributed by atoms with van der Waals surface area (Å²) in [5.41, 5.74) is 3.32. The van der Waals surface area contributed by atoms with Crippen molar-refractivity contribution in [1.82, 2.24) is 9.88 Å². The number of aryl methyl sites for hydroxylation is 2. The number of likely N-dealkylation sites (tertiary alicyclic amines) is 1. The monoisotopic (exact) mass is 511 g/mol. The quantitative estimate of drug-likeness (QED) is 0.432. The van der Waals surface area contributed by atoms with Crippen molar-refractivity contribution in [2.75, 3.05) is 38.2 Å². The minimum absolute atomic E-state index is 0.0472. The zero-order valence-electron chi connectivity index (χ0n) is 21.5. The topological polar surface area (TPSA) is 83.9 Å². The molecule has 1 aromatic carbocycles. The summed E-state index contributed by atoms with van der Waals surface area (Å²) in [5, 5.41) is 13.5. The number of carbonyl (C=O) groups is 1. The van der Waals surface area contributed by atoms with E-state index in [9.17, 15) is 9.90 Å². The molecule has 0 aliphatic carbocycles. The minimum atomic E-state index is -1.04. The van der Waals surface area contributed by atoms with Crippen molar-refractivity contribution >= 4 is 11.8 Å². The summed E-state index contributed by atoms with van der Waals surface area (Å²) >= 11 is 0. The molecule has 0 saturated carbocycles. The number of benzene rings is 1. The lowest BCUT2D eigenvalue weighted by Gasteiger charge is -2.30. The van der Waals surface area contributed by atoms with Gasteiger partial charge in [-0.1, -0.05) is 18.2 Å². The second-order valence-electron chi connectivity index (χ2n) is 10.4. The van der Waals surface area contributed by atoms with Gasteiger partial charge in [0.15, 0.2) is 0 Å². The largest absolute Gasteiger partial charge is 0.480 e. The molecule has 0 bridgehead atoms. The molecular formula is C29H38FN3O4. The van der Waals surface area contributed by atoms with Gasteiger partial charge in [-0.25, -0.2) is 9.37 Å². The number of nitrogens with one attached hydrogen (secondary N) is 1. The Morgan fingerprint density at radius 1 is 1.22 bits per heavy atom. The summed E-state index contributed by atoms with van der Waals surface area (Å²) in [7, 11) is 0. The van der Waals surface area contributed by atoms with Gasteiger partial charge in [0.1, 0.15) is 17.7 Å². The number of anilines is 1. The first-order chi connectivity index (χ1) is 18.1. The molecule has 3 atom stereocenters. The molecule has 4 heterocycles. The number of hydrogen-bond acceptors (Lipinski definition) is 6. The zero-order valence-corrected chi connectivity index (χ0v) is 21.5. The molecule has 3 aliphatic heterocycles. The third-order valence-electron chi connectivity index (χ3n) is 7.79. The van der Waals surface area contributed by atoms with Crippen LogP contribution in [0.5, 0.6) is 0 Å². The highest BCUT2D eigenvalue weighted by atomic mass is 19.1. The number of halogens is 1. The SMILES string of the molecule is O=C(O)[C@H](c1c(F)cccc1C1CCCCO1)N1CC[C@@H](OCCCCc2ccc3c(n2)NCCC3)C1. The number of aliphatic carboxylic acids is 1. The van der Waals surface area contributed by atoms with Crippen molar-refractivity contribution in [1.29, 1.82) is 0 Å². The maximum atomic E-state index is 15.1. The van der Waals surface area contributed by atoms with E-state index in [4.69, 9.17) is 14.5 Å². The standard InChI is InChI=1S/C29H38FN3O4/c30-24-10-5-9-23(25-11-2-4-18-37-25)26(24)27(29(34)35)33-16-14-22(19-33)36-17-3-1-8-21-13-12-20-7-6-15-31-28(20)32-21/h5,9-10,12-13,22,25,27H,1-4,6-8,11,14-19H2,(H,31,32)(H,34,35)/t22-,25?,27+/m1/s1. The highest BCUT2D eigenvalue weighted by Gasteiger charge is 2.38. The lowest BCUT2D eigenvalue weighted by molar-refractivity contribution is -0.143. The average molecular weight is 512 g/mol. The molecular weight excluding hydrogens is 473 g/mol. The van der Waals surface area contributed by atoms with Crippen LogP contribution in [0.25, 0.3) is 0 Å². The van der Waals surface area contributed by atoms with Crippen molar-refractivity contribution in [3.8, 4) is 0 Å². The smallest absolute Gasteiger partial charge is 0.325 e. The summed E-state index contributed by atoms with van der Waals surface area (Å²) in [6.07, 6.45) is 8.28. The molecule has 3 aliphatic rings. The lowest BCUT2D eigenvalue weighted by atomic mass is 9.91. The molecule has 7 nitrogen and oxygen atoms in total. The van der Waals surface area contributed by atoms with Gasteiger partial charge in [0.2, 0.25) is 0 Å². The summed E-state index contributed by atoms with van der Waals surface area (Å²) in [6.45, 7) is 3.28. The van der Waals surface area contributed by atoms with Crippen LogP contribution in [0.2, 0.25) is 0 Å². The highest BCUT2D eigenvalue weighted by Crippen LogP contribution is 2.37. The number of carboxylic acids is 1. The molecule has 2 N–H and O–H groups in total. The van der Waals surface area contributed by atoms with Gasteiger partial charge < -0.3 is 19.9 Å². The Balaban J connectivity index is 1.14. The first-order valence-electron chi connectivity index (χ1n) is 13.8. The van der Waals surface area contributed by atoms with Crippen LogP contribution in [0, 0.1) is 5.82 Å². The Kier molecular flexibility index (Phi) is 8.69. The van der Waals surface area contributed by atoms with Crippen LogP contribution in [0.15, 0.2) is 30.3 Å². The summed E-state index contributed by atoms with van der Waals surface area (Å²) in [4.78, 5) is 19.0. The van der Waals surface area contributed by atoms with Gasteiger partial charge in [-0.3, -0.25) is 9.69 Å². The maximum absolute atomic E-state index is 15.1. The van der Waals surface area contributed by atoms with Crippen molar-refractivity contribution < 1.29 is 23.8 Å². The van der Waals surface area contributed by atoms with Gasteiger partial charge in [-0.05, 0) is 81.0 Å². The number of fused-ring (bicyclic) bond motifs is 1. The van der Waals surface area contributed by atoms with Crippen molar-refractivity contribution in [2.24, 2.45) is 0 Å². The molecule has 8 heteroatoms. The number of ether oxygens (including phenoxy) is 2. The van der Waals surface area contributed by atoms with Crippen LogP contribution in [0.3, 0.4) is 0 Å². The Bertz CT molecular complexity index is 1080. The molecule has 0 amide bonds. The van der Waals surface area contributed by atoms with E-state index in [2.05, 4.69) is 17.4 Å². The molecule has 2 aromatic rings. The second kappa shape index (κ2) is 12.3. The second-order valence-corrected chi connectivity index (χ2v) is 10.4. The van der Waals surface area contributed by atoms with Crippen LogP contribution in [0.4, 0.5) is 10.2 Å². The van der Waals surface area contributed by atoms with Gasteiger partial charge >= 0.3 is 5.97 Å². The summed E-state index contributed by atoms with van der Waals surface area (Å²) in [6, 6.07) is 8.10. The Hall–Kier alpha value is -2.55. The van der Waals surface area contributed by atoms with E-state index in [1.807, 2.05) is 11.0 Å². The van der Waals surface area contributed by atoms with E-state index >= 15 is 4.39 Å². The van der Waals surface area contributed by atoms with Gasteiger partial charge in [0, 0.05) is 44.1 Å².